The first-order valence-electron chi connectivity index (χ1n) is 4.06. The summed E-state index contributed by atoms with van der Waals surface area (Å²) in [6.45, 7) is 2.30. The van der Waals surface area contributed by atoms with E-state index in [4.69, 9.17) is 4.74 Å². The third-order valence-electron chi connectivity index (χ3n) is 1.37. The number of alkyl halides is 3. The molecule has 0 fully saturated rings. The Morgan fingerprint density at radius 1 is 1.29 bits per heavy atom. The predicted octanol–water partition coefficient (Wildman–Crippen LogP) is 2.28. The van der Waals surface area contributed by atoms with Crippen LogP contribution in [0.4, 0.5) is 13.2 Å². The molecule has 0 saturated carbocycles. The Morgan fingerprint density at radius 3 is 2.43 bits per heavy atom. The molecular weight excluding hydrogens is 197 g/mol. The van der Waals surface area contributed by atoms with Crippen LogP contribution < -0.4 is 4.74 Å². The highest BCUT2D eigenvalue weighted by atomic mass is 19.4. The molecule has 6 heteroatoms. The molecule has 0 unspecified atom stereocenters. The van der Waals surface area contributed by atoms with Crippen molar-refractivity contribution in [2.24, 2.45) is 0 Å². The number of halogens is 3. The fourth-order valence-corrected chi connectivity index (χ4v) is 0.744. The first-order valence-corrected chi connectivity index (χ1v) is 4.06. The second-order valence-electron chi connectivity index (χ2n) is 2.59. The molecule has 0 aliphatic heterocycles. The van der Waals surface area contributed by atoms with Gasteiger partial charge < -0.3 is 4.74 Å². The van der Waals surface area contributed by atoms with Gasteiger partial charge in [0.25, 0.3) is 0 Å². The molecule has 0 bridgehead atoms. The average Bonchev–Trinajstić information content (AvgIpc) is 2.14. The van der Waals surface area contributed by atoms with Crippen LogP contribution in [0.15, 0.2) is 12.4 Å². The van der Waals surface area contributed by atoms with Crippen LogP contribution in [-0.2, 0) is 6.18 Å². The van der Waals surface area contributed by atoms with E-state index in [2.05, 4.69) is 9.97 Å². The van der Waals surface area contributed by atoms with Gasteiger partial charge in [-0.15, -0.1) is 0 Å². The second-order valence-corrected chi connectivity index (χ2v) is 2.59. The maximum Gasteiger partial charge on any atom is 0.434 e. The smallest absolute Gasteiger partial charge is 0.434 e. The Morgan fingerprint density at radius 2 is 2.00 bits per heavy atom. The lowest BCUT2D eigenvalue weighted by Crippen LogP contribution is -2.09. The minimum Gasteiger partial charge on any atom is -0.477 e. The van der Waals surface area contributed by atoms with Crippen LogP contribution in [0.1, 0.15) is 19.0 Å². The van der Waals surface area contributed by atoms with Gasteiger partial charge >= 0.3 is 6.18 Å². The standard InChI is InChI=1S/C8H9F3N2O/c1-2-3-14-7-5-12-6(4-13-7)8(9,10)11/h4-5H,2-3H2,1H3. The van der Waals surface area contributed by atoms with Gasteiger partial charge in [-0.2, -0.15) is 13.2 Å². The van der Waals surface area contributed by atoms with Gasteiger partial charge in [0.15, 0.2) is 5.69 Å². The van der Waals surface area contributed by atoms with Gasteiger partial charge in [0.1, 0.15) is 0 Å². The topological polar surface area (TPSA) is 35.0 Å². The summed E-state index contributed by atoms with van der Waals surface area (Å²) in [7, 11) is 0. The number of hydrogen-bond acceptors (Lipinski definition) is 3. The third-order valence-corrected chi connectivity index (χ3v) is 1.37. The Kier molecular flexibility index (Phi) is 3.27. The molecule has 0 aliphatic carbocycles. The SMILES string of the molecule is CCCOc1cnc(C(F)(F)F)cn1. The highest BCUT2D eigenvalue weighted by Gasteiger charge is 2.32. The molecule has 1 rings (SSSR count). The lowest BCUT2D eigenvalue weighted by Gasteiger charge is -2.06. The van der Waals surface area contributed by atoms with E-state index in [1.807, 2.05) is 6.92 Å². The van der Waals surface area contributed by atoms with Crippen molar-refractivity contribution < 1.29 is 17.9 Å². The van der Waals surface area contributed by atoms with E-state index in [1.165, 1.54) is 0 Å². The lowest BCUT2D eigenvalue weighted by molar-refractivity contribution is -0.141. The fourth-order valence-electron chi connectivity index (χ4n) is 0.744. The van der Waals surface area contributed by atoms with Gasteiger partial charge in [0.05, 0.1) is 19.0 Å². The van der Waals surface area contributed by atoms with E-state index in [0.29, 0.717) is 12.8 Å². The molecule has 0 aliphatic rings. The zero-order valence-corrected chi connectivity index (χ0v) is 7.51. The number of ether oxygens (including phenoxy) is 1. The summed E-state index contributed by atoms with van der Waals surface area (Å²) >= 11 is 0. The average molecular weight is 206 g/mol. The van der Waals surface area contributed by atoms with E-state index >= 15 is 0 Å². The Balaban J connectivity index is 2.69. The van der Waals surface area contributed by atoms with Gasteiger partial charge in [-0.05, 0) is 6.42 Å². The fraction of sp³-hybridized carbons (Fsp3) is 0.500. The molecule has 0 atom stereocenters. The van der Waals surface area contributed by atoms with E-state index in [-0.39, 0.29) is 5.88 Å². The largest absolute Gasteiger partial charge is 0.477 e. The summed E-state index contributed by atoms with van der Waals surface area (Å²) in [5.41, 5.74) is -1.01. The third kappa shape index (κ3) is 2.86. The molecule has 0 saturated heterocycles. The van der Waals surface area contributed by atoms with Crippen molar-refractivity contribution in [1.82, 2.24) is 9.97 Å². The van der Waals surface area contributed by atoms with E-state index in [1.54, 1.807) is 0 Å². The number of aromatic nitrogens is 2. The van der Waals surface area contributed by atoms with Gasteiger partial charge in [-0.1, -0.05) is 6.92 Å². The Labute approximate surface area is 78.9 Å². The zero-order valence-electron chi connectivity index (χ0n) is 7.51. The van der Waals surface area contributed by atoms with Crippen molar-refractivity contribution in [3.05, 3.63) is 18.1 Å². The summed E-state index contributed by atoms with van der Waals surface area (Å²) in [5.74, 6) is 0.111. The monoisotopic (exact) mass is 206 g/mol. The number of hydrogen-bond donors (Lipinski definition) is 0. The van der Waals surface area contributed by atoms with Gasteiger partial charge in [-0.25, -0.2) is 9.97 Å². The van der Waals surface area contributed by atoms with Crippen molar-refractivity contribution in [2.45, 2.75) is 19.5 Å². The molecule has 0 aromatic carbocycles. The Bertz CT molecular complexity index is 284. The highest BCUT2D eigenvalue weighted by molar-refractivity contribution is 5.09. The predicted molar refractivity (Wildman–Crippen MR) is 42.8 cm³/mol. The van der Waals surface area contributed by atoms with Gasteiger partial charge in [0, 0.05) is 0 Å². The zero-order chi connectivity index (χ0) is 10.6. The summed E-state index contributed by atoms with van der Waals surface area (Å²) in [4.78, 5) is 6.67. The second kappa shape index (κ2) is 4.26. The highest BCUT2D eigenvalue weighted by Crippen LogP contribution is 2.27. The maximum atomic E-state index is 12.0. The molecule has 0 spiro atoms. The summed E-state index contributed by atoms with van der Waals surface area (Å²) in [5, 5.41) is 0. The molecule has 0 amide bonds. The molecule has 78 valence electrons. The van der Waals surface area contributed by atoms with Crippen molar-refractivity contribution >= 4 is 0 Å². The van der Waals surface area contributed by atoms with Crippen LogP contribution in [0.2, 0.25) is 0 Å². The van der Waals surface area contributed by atoms with E-state index in [9.17, 15) is 13.2 Å². The van der Waals surface area contributed by atoms with Crippen molar-refractivity contribution in [3.63, 3.8) is 0 Å². The molecule has 0 radical (unpaired) electrons. The summed E-state index contributed by atoms with van der Waals surface area (Å²) in [6, 6.07) is 0. The van der Waals surface area contributed by atoms with Crippen LogP contribution in [-0.4, -0.2) is 16.6 Å². The normalized spacial score (nSPS) is 11.4. The molecule has 1 aromatic heterocycles. The van der Waals surface area contributed by atoms with Crippen LogP contribution in [0.3, 0.4) is 0 Å². The Hall–Kier alpha value is -1.33. The quantitative estimate of drug-likeness (QED) is 0.760. The maximum absolute atomic E-state index is 12.0. The number of nitrogens with zero attached hydrogens (tertiary/aromatic N) is 2. The van der Waals surface area contributed by atoms with Crippen LogP contribution in [0.5, 0.6) is 5.88 Å². The molecule has 3 nitrogen and oxygen atoms in total. The first-order chi connectivity index (χ1) is 6.54. The minimum atomic E-state index is -4.45. The van der Waals surface area contributed by atoms with Crippen molar-refractivity contribution in [2.75, 3.05) is 6.61 Å². The van der Waals surface area contributed by atoms with Crippen LogP contribution in [0.25, 0.3) is 0 Å². The van der Waals surface area contributed by atoms with Crippen molar-refractivity contribution in [3.8, 4) is 5.88 Å². The first kappa shape index (κ1) is 10.7. The van der Waals surface area contributed by atoms with Crippen LogP contribution in [0, 0.1) is 0 Å². The molecule has 1 heterocycles. The molecular formula is C8H9F3N2O. The minimum absolute atomic E-state index is 0.111. The summed E-state index contributed by atoms with van der Waals surface area (Å²) in [6.07, 6.45) is -2.05. The molecule has 1 aromatic rings. The van der Waals surface area contributed by atoms with Crippen molar-refractivity contribution in [1.29, 1.82) is 0 Å². The van der Waals surface area contributed by atoms with Gasteiger partial charge in [-0.3, -0.25) is 0 Å². The van der Waals surface area contributed by atoms with Crippen LogP contribution >= 0.6 is 0 Å². The van der Waals surface area contributed by atoms with E-state index < -0.39 is 11.9 Å². The number of rotatable bonds is 3. The van der Waals surface area contributed by atoms with Gasteiger partial charge in [0.2, 0.25) is 5.88 Å². The summed E-state index contributed by atoms with van der Waals surface area (Å²) < 4.78 is 41.1. The molecule has 0 N–H and O–H groups in total. The molecule has 14 heavy (non-hydrogen) atoms. The lowest BCUT2D eigenvalue weighted by atomic mass is 10.4. The van der Waals surface area contributed by atoms with E-state index in [0.717, 1.165) is 12.6 Å².